The van der Waals surface area contributed by atoms with Crippen LogP contribution in [0.1, 0.15) is 24.8 Å². The molecule has 1 fully saturated rings. The van der Waals surface area contributed by atoms with Gasteiger partial charge in [0.25, 0.3) is 0 Å². The number of sulfonamides is 1. The van der Waals surface area contributed by atoms with Crippen LogP contribution in [0.5, 0.6) is 0 Å². The van der Waals surface area contributed by atoms with E-state index in [2.05, 4.69) is 14.7 Å². The van der Waals surface area contributed by atoms with E-state index >= 15 is 0 Å². The van der Waals surface area contributed by atoms with Gasteiger partial charge < -0.3 is 0 Å². The summed E-state index contributed by atoms with van der Waals surface area (Å²) in [6.07, 6.45) is 8.33. The lowest BCUT2D eigenvalue weighted by Gasteiger charge is -2.23. The zero-order valence-electron chi connectivity index (χ0n) is 11.5. The van der Waals surface area contributed by atoms with Crippen LogP contribution < -0.4 is 4.72 Å². The standard InChI is InChI=1S/C12H22N4O2S/c1-15-9-11(8-13-15)10-16-7-3-4-12(16)5-6-14-19(2,17)18/h8-9,12,14H,3-7,10H2,1-2H3/t12-/m0/s1. The number of nitrogens with one attached hydrogen (secondary N) is 1. The Labute approximate surface area is 114 Å². The molecule has 2 rings (SSSR count). The van der Waals surface area contributed by atoms with Crippen molar-refractivity contribution in [1.82, 2.24) is 19.4 Å². The zero-order chi connectivity index (χ0) is 13.9. The zero-order valence-corrected chi connectivity index (χ0v) is 12.4. The predicted octanol–water partition coefficient (Wildman–Crippen LogP) is 0.324. The molecular formula is C12H22N4O2S. The molecule has 0 radical (unpaired) electrons. The highest BCUT2D eigenvalue weighted by Crippen LogP contribution is 2.22. The third-order valence-corrected chi connectivity index (χ3v) is 4.21. The summed E-state index contributed by atoms with van der Waals surface area (Å²) in [5, 5.41) is 4.18. The van der Waals surface area contributed by atoms with Crippen LogP contribution in [0.2, 0.25) is 0 Å². The number of rotatable bonds is 6. The number of hydrogen-bond donors (Lipinski definition) is 1. The van der Waals surface area contributed by atoms with Crippen LogP contribution in [0.25, 0.3) is 0 Å². The maximum Gasteiger partial charge on any atom is 0.208 e. The molecule has 1 aromatic heterocycles. The Morgan fingerprint density at radius 3 is 2.95 bits per heavy atom. The second-order valence-corrected chi connectivity index (χ2v) is 7.08. The molecule has 0 saturated carbocycles. The fourth-order valence-corrected chi connectivity index (χ4v) is 3.12. The monoisotopic (exact) mass is 286 g/mol. The van der Waals surface area contributed by atoms with Crippen molar-refractivity contribution in [1.29, 1.82) is 0 Å². The van der Waals surface area contributed by atoms with E-state index < -0.39 is 10.0 Å². The first-order valence-corrected chi connectivity index (χ1v) is 8.49. The molecule has 1 aliphatic rings. The van der Waals surface area contributed by atoms with Gasteiger partial charge in [-0.05, 0) is 25.8 Å². The third-order valence-electron chi connectivity index (χ3n) is 3.48. The van der Waals surface area contributed by atoms with Gasteiger partial charge >= 0.3 is 0 Å². The first-order chi connectivity index (χ1) is 8.94. The summed E-state index contributed by atoms with van der Waals surface area (Å²) >= 11 is 0. The first-order valence-electron chi connectivity index (χ1n) is 6.60. The van der Waals surface area contributed by atoms with Crippen LogP contribution in [0.4, 0.5) is 0 Å². The molecule has 0 spiro atoms. The Kier molecular flexibility index (Phi) is 4.59. The van der Waals surface area contributed by atoms with Crippen LogP contribution in [0.15, 0.2) is 12.4 Å². The largest absolute Gasteiger partial charge is 0.296 e. The Morgan fingerprint density at radius 1 is 1.53 bits per heavy atom. The Bertz CT molecular complexity index is 512. The summed E-state index contributed by atoms with van der Waals surface area (Å²) < 4.78 is 26.5. The maximum atomic E-state index is 11.0. The fraction of sp³-hybridized carbons (Fsp3) is 0.750. The highest BCUT2D eigenvalue weighted by atomic mass is 32.2. The molecule has 0 aliphatic carbocycles. The highest BCUT2D eigenvalue weighted by molar-refractivity contribution is 7.88. The second kappa shape index (κ2) is 6.02. The third kappa shape index (κ3) is 4.59. The molecule has 0 amide bonds. The lowest BCUT2D eigenvalue weighted by Crippen LogP contribution is -2.33. The molecular weight excluding hydrogens is 264 g/mol. The van der Waals surface area contributed by atoms with Crippen molar-refractivity contribution < 1.29 is 8.42 Å². The molecule has 0 bridgehead atoms. The van der Waals surface area contributed by atoms with Crippen LogP contribution in [-0.2, 0) is 23.6 Å². The average molecular weight is 286 g/mol. The van der Waals surface area contributed by atoms with Crippen molar-refractivity contribution in [3.05, 3.63) is 18.0 Å². The molecule has 0 aromatic carbocycles. The van der Waals surface area contributed by atoms with Crippen LogP contribution in [0.3, 0.4) is 0 Å². The molecule has 6 nitrogen and oxygen atoms in total. The molecule has 2 heterocycles. The SMILES string of the molecule is Cn1cc(CN2CCC[C@H]2CCNS(C)(=O)=O)cn1. The van der Waals surface area contributed by atoms with Crippen molar-refractivity contribution in [2.45, 2.75) is 31.8 Å². The summed E-state index contributed by atoms with van der Waals surface area (Å²) in [5.41, 5.74) is 1.21. The van der Waals surface area contributed by atoms with E-state index in [4.69, 9.17) is 0 Å². The molecule has 1 saturated heterocycles. The van der Waals surface area contributed by atoms with E-state index in [1.54, 1.807) is 0 Å². The van der Waals surface area contributed by atoms with Crippen molar-refractivity contribution in [2.24, 2.45) is 7.05 Å². The van der Waals surface area contributed by atoms with Crippen molar-refractivity contribution in [3.63, 3.8) is 0 Å². The number of likely N-dealkylation sites (tertiary alicyclic amines) is 1. The topological polar surface area (TPSA) is 67.2 Å². The van der Waals surface area contributed by atoms with Gasteiger partial charge in [0.2, 0.25) is 10.0 Å². The van der Waals surface area contributed by atoms with Gasteiger partial charge in [0.05, 0.1) is 12.5 Å². The lowest BCUT2D eigenvalue weighted by atomic mass is 10.1. The highest BCUT2D eigenvalue weighted by Gasteiger charge is 2.24. The van der Waals surface area contributed by atoms with Crippen LogP contribution in [-0.4, -0.2) is 48.5 Å². The van der Waals surface area contributed by atoms with Gasteiger partial charge in [-0.25, -0.2) is 13.1 Å². The van der Waals surface area contributed by atoms with E-state index in [0.29, 0.717) is 12.6 Å². The average Bonchev–Trinajstić information content (AvgIpc) is 2.88. The summed E-state index contributed by atoms with van der Waals surface area (Å²) in [5.74, 6) is 0. The number of aromatic nitrogens is 2. The summed E-state index contributed by atoms with van der Waals surface area (Å²) in [6, 6.07) is 0.467. The minimum Gasteiger partial charge on any atom is -0.296 e. The summed E-state index contributed by atoms with van der Waals surface area (Å²) in [7, 11) is -1.15. The van der Waals surface area contributed by atoms with Crippen molar-refractivity contribution >= 4 is 10.0 Å². The Morgan fingerprint density at radius 2 is 2.32 bits per heavy atom. The van der Waals surface area contributed by atoms with E-state index in [1.807, 2.05) is 24.1 Å². The molecule has 1 atom stereocenters. The normalized spacial score (nSPS) is 21.1. The van der Waals surface area contributed by atoms with E-state index in [9.17, 15) is 8.42 Å². The van der Waals surface area contributed by atoms with Gasteiger partial charge in [-0.3, -0.25) is 9.58 Å². The van der Waals surface area contributed by atoms with Gasteiger partial charge in [0, 0.05) is 37.9 Å². The number of aryl methyl sites for hydroxylation is 1. The second-order valence-electron chi connectivity index (χ2n) is 5.24. The van der Waals surface area contributed by atoms with Gasteiger partial charge in [-0.2, -0.15) is 5.10 Å². The fourth-order valence-electron chi connectivity index (χ4n) is 2.63. The van der Waals surface area contributed by atoms with Crippen molar-refractivity contribution in [2.75, 3.05) is 19.3 Å². The maximum absolute atomic E-state index is 11.0. The lowest BCUT2D eigenvalue weighted by molar-refractivity contribution is 0.235. The molecule has 19 heavy (non-hydrogen) atoms. The van der Waals surface area contributed by atoms with Crippen LogP contribution >= 0.6 is 0 Å². The van der Waals surface area contributed by atoms with Gasteiger partial charge in [-0.1, -0.05) is 0 Å². The van der Waals surface area contributed by atoms with E-state index in [1.165, 1.54) is 18.2 Å². The quantitative estimate of drug-likeness (QED) is 0.818. The van der Waals surface area contributed by atoms with Gasteiger partial charge in [-0.15, -0.1) is 0 Å². The summed E-state index contributed by atoms with van der Waals surface area (Å²) in [4.78, 5) is 2.42. The van der Waals surface area contributed by atoms with Crippen LogP contribution in [0, 0.1) is 0 Å². The Balaban J connectivity index is 1.83. The molecule has 7 heteroatoms. The summed E-state index contributed by atoms with van der Waals surface area (Å²) in [6.45, 7) is 2.50. The number of nitrogens with zero attached hydrogens (tertiary/aromatic N) is 3. The molecule has 1 aliphatic heterocycles. The molecule has 1 aromatic rings. The minimum atomic E-state index is -3.07. The molecule has 1 N–H and O–H groups in total. The smallest absolute Gasteiger partial charge is 0.208 e. The predicted molar refractivity (Wildman–Crippen MR) is 74.1 cm³/mol. The van der Waals surface area contributed by atoms with E-state index in [0.717, 1.165) is 25.9 Å². The number of hydrogen-bond acceptors (Lipinski definition) is 4. The first kappa shape index (κ1) is 14.5. The van der Waals surface area contributed by atoms with Gasteiger partial charge in [0.1, 0.15) is 0 Å². The molecule has 0 unspecified atom stereocenters. The van der Waals surface area contributed by atoms with Gasteiger partial charge in [0.15, 0.2) is 0 Å². The minimum absolute atomic E-state index is 0.467. The van der Waals surface area contributed by atoms with Crippen molar-refractivity contribution in [3.8, 4) is 0 Å². The molecule has 108 valence electrons. The Hall–Kier alpha value is -0.920. The van der Waals surface area contributed by atoms with E-state index in [-0.39, 0.29) is 0 Å².